The van der Waals surface area contributed by atoms with Crippen LogP contribution in [0.4, 0.5) is 0 Å². The Labute approximate surface area is 125 Å². The van der Waals surface area contributed by atoms with Crippen LogP contribution in [0, 0.1) is 0 Å². The molecule has 2 aliphatic rings. The second kappa shape index (κ2) is 6.58. The smallest absolute Gasteiger partial charge is 0.225 e. The minimum Gasteiger partial charge on any atom is -0.375 e. The molecule has 6 nitrogen and oxygen atoms in total. The van der Waals surface area contributed by atoms with Gasteiger partial charge >= 0.3 is 0 Å². The van der Waals surface area contributed by atoms with E-state index in [0.717, 1.165) is 31.6 Å². The van der Waals surface area contributed by atoms with E-state index in [9.17, 15) is 4.79 Å². The van der Waals surface area contributed by atoms with Crippen LogP contribution < -0.4 is 5.32 Å². The molecule has 1 fully saturated rings. The highest BCUT2D eigenvalue weighted by Gasteiger charge is 2.22. The number of nitrogens with one attached hydrogen (secondary N) is 2. The van der Waals surface area contributed by atoms with E-state index in [-0.39, 0.29) is 12.0 Å². The lowest BCUT2D eigenvalue weighted by Gasteiger charge is -2.25. The first-order chi connectivity index (χ1) is 10.2. The monoisotopic (exact) mass is 292 g/mol. The first-order valence-corrected chi connectivity index (χ1v) is 7.85. The van der Waals surface area contributed by atoms with Crippen LogP contribution in [0.5, 0.6) is 0 Å². The molecule has 1 saturated heterocycles. The molecule has 6 heteroatoms. The predicted molar refractivity (Wildman–Crippen MR) is 78.9 cm³/mol. The fourth-order valence-electron chi connectivity index (χ4n) is 3.09. The van der Waals surface area contributed by atoms with Crippen LogP contribution in [0.25, 0.3) is 0 Å². The Bertz CT molecular complexity index is 494. The molecule has 1 atom stereocenters. The van der Waals surface area contributed by atoms with Crippen LogP contribution in [-0.2, 0) is 28.9 Å². The summed E-state index contributed by atoms with van der Waals surface area (Å²) in [7, 11) is 1.85. The third-order valence-corrected chi connectivity index (χ3v) is 4.36. The molecule has 1 aliphatic heterocycles. The van der Waals surface area contributed by atoms with Gasteiger partial charge in [0.15, 0.2) is 0 Å². The van der Waals surface area contributed by atoms with Crippen molar-refractivity contribution in [3.05, 3.63) is 17.0 Å². The molecule has 116 valence electrons. The fraction of sp³-hybridized carbons (Fsp3) is 0.733. The van der Waals surface area contributed by atoms with E-state index in [1.54, 1.807) is 4.90 Å². The van der Waals surface area contributed by atoms with Crippen molar-refractivity contribution >= 4 is 5.91 Å². The van der Waals surface area contributed by atoms with Crippen molar-refractivity contribution in [2.45, 2.75) is 44.8 Å². The summed E-state index contributed by atoms with van der Waals surface area (Å²) in [6, 6.07) is 0. The second-order valence-electron chi connectivity index (χ2n) is 5.99. The normalized spacial score (nSPS) is 21.9. The van der Waals surface area contributed by atoms with Gasteiger partial charge < -0.3 is 15.0 Å². The van der Waals surface area contributed by atoms with E-state index < -0.39 is 0 Å². The molecule has 21 heavy (non-hydrogen) atoms. The Hall–Kier alpha value is -1.40. The van der Waals surface area contributed by atoms with E-state index in [0.29, 0.717) is 19.6 Å². The van der Waals surface area contributed by atoms with Crippen molar-refractivity contribution in [2.24, 2.45) is 0 Å². The SMILES string of the molecule is CN(Cc1n[nH]c2c1CCCC2)C(=O)CC1CNCCO1. The van der Waals surface area contributed by atoms with E-state index in [1.807, 2.05) is 7.05 Å². The average molecular weight is 292 g/mol. The summed E-state index contributed by atoms with van der Waals surface area (Å²) in [6.07, 6.45) is 5.06. The van der Waals surface area contributed by atoms with Crippen molar-refractivity contribution in [3.8, 4) is 0 Å². The lowest BCUT2D eigenvalue weighted by atomic mass is 9.96. The Morgan fingerprint density at radius 3 is 3.10 bits per heavy atom. The number of fused-ring (bicyclic) bond motifs is 1. The van der Waals surface area contributed by atoms with E-state index in [1.165, 1.54) is 24.1 Å². The maximum absolute atomic E-state index is 12.3. The lowest BCUT2D eigenvalue weighted by molar-refractivity contribution is -0.134. The van der Waals surface area contributed by atoms with E-state index in [2.05, 4.69) is 15.5 Å². The third-order valence-electron chi connectivity index (χ3n) is 4.36. The summed E-state index contributed by atoms with van der Waals surface area (Å²) in [4.78, 5) is 14.1. The molecule has 2 N–H and O–H groups in total. The maximum Gasteiger partial charge on any atom is 0.225 e. The highest BCUT2D eigenvalue weighted by Crippen LogP contribution is 2.23. The third kappa shape index (κ3) is 3.44. The van der Waals surface area contributed by atoms with Gasteiger partial charge in [-0.2, -0.15) is 5.10 Å². The molecule has 3 rings (SSSR count). The van der Waals surface area contributed by atoms with Crippen LogP contribution in [-0.4, -0.2) is 53.9 Å². The summed E-state index contributed by atoms with van der Waals surface area (Å²) < 4.78 is 5.59. The molecular weight excluding hydrogens is 268 g/mol. The Morgan fingerprint density at radius 2 is 2.29 bits per heavy atom. The number of aromatic nitrogens is 2. The molecule has 0 saturated carbocycles. The van der Waals surface area contributed by atoms with E-state index in [4.69, 9.17) is 4.74 Å². The van der Waals surface area contributed by atoms with Gasteiger partial charge in [0.2, 0.25) is 5.91 Å². The average Bonchev–Trinajstić information content (AvgIpc) is 2.91. The van der Waals surface area contributed by atoms with Crippen molar-refractivity contribution in [2.75, 3.05) is 26.7 Å². The number of aryl methyl sites for hydroxylation is 1. The highest BCUT2D eigenvalue weighted by molar-refractivity contribution is 5.76. The van der Waals surface area contributed by atoms with Crippen molar-refractivity contribution in [3.63, 3.8) is 0 Å². The summed E-state index contributed by atoms with van der Waals surface area (Å²) in [5.74, 6) is 0.122. The number of hydrogen-bond donors (Lipinski definition) is 2. The fourth-order valence-corrected chi connectivity index (χ4v) is 3.09. The van der Waals surface area contributed by atoms with Gasteiger partial charge in [0.1, 0.15) is 0 Å². The zero-order valence-electron chi connectivity index (χ0n) is 12.7. The number of hydrogen-bond acceptors (Lipinski definition) is 4. The second-order valence-corrected chi connectivity index (χ2v) is 5.99. The Balaban J connectivity index is 1.56. The zero-order valence-corrected chi connectivity index (χ0v) is 12.7. The number of ether oxygens (including phenoxy) is 1. The molecule has 0 bridgehead atoms. The number of morpholine rings is 1. The predicted octanol–water partition coefficient (Wildman–Crippen LogP) is 0.625. The molecule has 2 heterocycles. The van der Waals surface area contributed by atoms with Gasteiger partial charge in [-0.25, -0.2) is 0 Å². The number of rotatable bonds is 4. The largest absolute Gasteiger partial charge is 0.375 e. The minimum atomic E-state index is 0.00167. The van der Waals surface area contributed by atoms with Gasteiger partial charge in [-0.1, -0.05) is 0 Å². The number of H-pyrrole nitrogens is 1. The maximum atomic E-state index is 12.3. The zero-order chi connectivity index (χ0) is 14.7. The van der Waals surface area contributed by atoms with Crippen LogP contribution in [0.3, 0.4) is 0 Å². The van der Waals surface area contributed by atoms with Gasteiger partial charge in [-0.3, -0.25) is 9.89 Å². The summed E-state index contributed by atoms with van der Waals surface area (Å²) in [6.45, 7) is 2.91. The van der Waals surface area contributed by atoms with Gasteiger partial charge in [-0.05, 0) is 31.2 Å². The standard InChI is InChI=1S/C15H24N4O2/c1-19(15(20)8-11-9-16-6-7-21-11)10-14-12-4-2-3-5-13(12)17-18-14/h11,16H,2-10H2,1H3,(H,17,18). The lowest BCUT2D eigenvalue weighted by Crippen LogP contribution is -2.41. The molecule has 1 aliphatic carbocycles. The van der Waals surface area contributed by atoms with Crippen molar-refractivity contribution in [1.82, 2.24) is 20.4 Å². The van der Waals surface area contributed by atoms with Gasteiger partial charge in [0.05, 0.1) is 31.4 Å². The van der Waals surface area contributed by atoms with E-state index >= 15 is 0 Å². The Kier molecular flexibility index (Phi) is 4.55. The minimum absolute atomic E-state index is 0.00167. The van der Waals surface area contributed by atoms with Crippen molar-refractivity contribution in [1.29, 1.82) is 0 Å². The molecule has 1 unspecified atom stereocenters. The summed E-state index contributed by atoms with van der Waals surface area (Å²) in [5, 5.41) is 10.8. The van der Waals surface area contributed by atoms with Crippen molar-refractivity contribution < 1.29 is 9.53 Å². The van der Waals surface area contributed by atoms with Crippen LogP contribution in [0.15, 0.2) is 0 Å². The molecule has 1 aromatic rings. The van der Waals surface area contributed by atoms with Gasteiger partial charge in [-0.15, -0.1) is 0 Å². The molecular formula is C15H24N4O2. The molecule has 1 aromatic heterocycles. The first-order valence-electron chi connectivity index (χ1n) is 7.85. The van der Waals surface area contributed by atoms with Crippen LogP contribution in [0.2, 0.25) is 0 Å². The summed E-state index contributed by atoms with van der Waals surface area (Å²) >= 11 is 0. The van der Waals surface area contributed by atoms with Gasteiger partial charge in [0, 0.05) is 25.8 Å². The molecule has 0 spiro atoms. The molecule has 0 aromatic carbocycles. The highest BCUT2D eigenvalue weighted by atomic mass is 16.5. The number of carbonyl (C=O) groups excluding carboxylic acids is 1. The van der Waals surface area contributed by atoms with Gasteiger partial charge in [0.25, 0.3) is 0 Å². The number of amides is 1. The first kappa shape index (κ1) is 14.5. The summed E-state index contributed by atoms with van der Waals surface area (Å²) in [5.41, 5.74) is 3.62. The number of aromatic amines is 1. The topological polar surface area (TPSA) is 70.2 Å². The molecule has 1 amide bonds. The van der Waals surface area contributed by atoms with Crippen LogP contribution >= 0.6 is 0 Å². The van der Waals surface area contributed by atoms with Crippen LogP contribution in [0.1, 0.15) is 36.2 Å². The molecule has 0 radical (unpaired) electrons. The quantitative estimate of drug-likeness (QED) is 0.854. The number of nitrogens with zero attached hydrogens (tertiary/aromatic N) is 2. The Morgan fingerprint density at radius 1 is 1.43 bits per heavy atom. The number of carbonyl (C=O) groups is 1.